The molecule has 2 rings (SSSR count). The first-order chi connectivity index (χ1) is 8.66. The van der Waals surface area contributed by atoms with E-state index in [1.807, 2.05) is 6.07 Å². The summed E-state index contributed by atoms with van der Waals surface area (Å²) < 4.78 is 0.721. The molecule has 0 saturated carbocycles. The van der Waals surface area contributed by atoms with Gasteiger partial charge in [0, 0.05) is 23.1 Å². The van der Waals surface area contributed by atoms with Crippen molar-refractivity contribution in [2.45, 2.75) is 25.3 Å². The summed E-state index contributed by atoms with van der Waals surface area (Å²) in [5.41, 5.74) is 0.713. The molecule has 1 heterocycles. The Balaban J connectivity index is 2.14. The van der Waals surface area contributed by atoms with Gasteiger partial charge in [-0.3, -0.25) is 10.1 Å². The lowest BCUT2D eigenvalue weighted by molar-refractivity contribution is -0.384. The monoisotopic (exact) mass is 313 g/mol. The zero-order valence-electron chi connectivity index (χ0n) is 9.99. The summed E-state index contributed by atoms with van der Waals surface area (Å²) in [4.78, 5) is 10.7. The van der Waals surface area contributed by atoms with Gasteiger partial charge in [0.25, 0.3) is 5.69 Å². The van der Waals surface area contributed by atoms with Crippen molar-refractivity contribution < 1.29 is 4.92 Å². The molecule has 5 nitrogen and oxygen atoms in total. The maximum absolute atomic E-state index is 11.0. The van der Waals surface area contributed by atoms with Crippen molar-refractivity contribution in [2.24, 2.45) is 0 Å². The lowest BCUT2D eigenvalue weighted by atomic mass is 10.1. The number of anilines is 1. The second-order valence-electron chi connectivity index (χ2n) is 4.46. The van der Waals surface area contributed by atoms with Gasteiger partial charge in [-0.15, -0.1) is 0 Å². The highest BCUT2D eigenvalue weighted by molar-refractivity contribution is 9.10. The van der Waals surface area contributed by atoms with Gasteiger partial charge in [0.2, 0.25) is 0 Å². The van der Waals surface area contributed by atoms with Crippen LogP contribution >= 0.6 is 15.9 Å². The Morgan fingerprint density at radius 1 is 1.44 bits per heavy atom. The molecule has 1 atom stereocenters. The smallest absolute Gasteiger partial charge is 0.293 e. The summed E-state index contributed by atoms with van der Waals surface area (Å²) in [6.07, 6.45) is 3.36. The van der Waals surface area contributed by atoms with E-state index < -0.39 is 0 Å². The molecule has 6 heteroatoms. The lowest BCUT2D eigenvalue weighted by Gasteiger charge is -2.17. The molecular weight excluding hydrogens is 298 g/mol. The molecule has 1 aromatic rings. The van der Waals surface area contributed by atoms with Gasteiger partial charge in [0.05, 0.1) is 4.92 Å². The Hall–Kier alpha value is -1.14. The molecule has 98 valence electrons. The standard InChI is InChI=1S/C12H16BrN3O2/c13-9-4-5-11(12(7-9)16(17)18)15-10-3-1-2-6-14-8-10/h4-5,7,10,14-15H,1-3,6,8H2. The second kappa shape index (κ2) is 6.15. The molecule has 1 aliphatic heterocycles. The summed E-state index contributed by atoms with van der Waals surface area (Å²) in [5, 5.41) is 17.6. The van der Waals surface area contributed by atoms with Crippen molar-refractivity contribution in [3.05, 3.63) is 32.8 Å². The largest absolute Gasteiger partial charge is 0.375 e. The summed E-state index contributed by atoms with van der Waals surface area (Å²) >= 11 is 3.26. The van der Waals surface area contributed by atoms with Gasteiger partial charge in [0.15, 0.2) is 0 Å². The molecule has 18 heavy (non-hydrogen) atoms. The van der Waals surface area contributed by atoms with Crippen molar-refractivity contribution in [1.82, 2.24) is 5.32 Å². The van der Waals surface area contributed by atoms with E-state index in [0.717, 1.165) is 30.4 Å². The Bertz CT molecular complexity index is 431. The first-order valence-corrected chi connectivity index (χ1v) is 6.87. The van der Waals surface area contributed by atoms with E-state index in [2.05, 4.69) is 26.6 Å². The Morgan fingerprint density at radius 2 is 2.28 bits per heavy atom. The summed E-state index contributed by atoms with van der Waals surface area (Å²) in [6.45, 7) is 1.88. The number of nitrogens with one attached hydrogen (secondary N) is 2. The maximum Gasteiger partial charge on any atom is 0.293 e. The highest BCUT2D eigenvalue weighted by Crippen LogP contribution is 2.29. The normalized spacial score (nSPS) is 20.2. The third-order valence-corrected chi connectivity index (χ3v) is 3.56. The van der Waals surface area contributed by atoms with E-state index in [0.29, 0.717) is 5.69 Å². The van der Waals surface area contributed by atoms with E-state index in [4.69, 9.17) is 0 Å². The molecule has 1 unspecified atom stereocenters. The Morgan fingerprint density at radius 3 is 3.06 bits per heavy atom. The average Bonchev–Trinajstić information content (AvgIpc) is 2.60. The van der Waals surface area contributed by atoms with Gasteiger partial charge in [-0.25, -0.2) is 0 Å². The van der Waals surface area contributed by atoms with Gasteiger partial charge < -0.3 is 10.6 Å². The topological polar surface area (TPSA) is 67.2 Å². The minimum atomic E-state index is -0.350. The molecule has 0 radical (unpaired) electrons. The molecule has 0 bridgehead atoms. The molecule has 1 aromatic carbocycles. The fourth-order valence-corrected chi connectivity index (χ4v) is 2.49. The van der Waals surface area contributed by atoms with Crippen LogP contribution in [-0.2, 0) is 0 Å². The van der Waals surface area contributed by atoms with E-state index in [9.17, 15) is 10.1 Å². The quantitative estimate of drug-likeness (QED) is 0.665. The zero-order valence-corrected chi connectivity index (χ0v) is 11.6. The number of hydrogen-bond acceptors (Lipinski definition) is 4. The molecule has 2 N–H and O–H groups in total. The fourth-order valence-electron chi connectivity index (χ4n) is 2.14. The molecule has 1 saturated heterocycles. The fraction of sp³-hybridized carbons (Fsp3) is 0.500. The first-order valence-electron chi connectivity index (χ1n) is 6.08. The number of hydrogen-bond donors (Lipinski definition) is 2. The molecule has 0 aromatic heterocycles. The second-order valence-corrected chi connectivity index (χ2v) is 5.38. The van der Waals surface area contributed by atoms with Crippen LogP contribution in [0.3, 0.4) is 0 Å². The predicted molar refractivity (Wildman–Crippen MR) is 74.9 cm³/mol. The van der Waals surface area contributed by atoms with E-state index in [1.54, 1.807) is 6.07 Å². The summed E-state index contributed by atoms with van der Waals surface area (Å²) in [7, 11) is 0. The van der Waals surface area contributed by atoms with Crippen LogP contribution in [0.4, 0.5) is 11.4 Å². The Kier molecular flexibility index (Phi) is 4.54. The number of benzene rings is 1. The van der Waals surface area contributed by atoms with Gasteiger partial charge in [-0.1, -0.05) is 22.4 Å². The van der Waals surface area contributed by atoms with E-state index >= 15 is 0 Å². The predicted octanol–water partition coefficient (Wildman–Crippen LogP) is 2.91. The SMILES string of the molecule is O=[N+]([O-])c1cc(Br)ccc1NC1CCCCNC1. The number of nitro groups is 1. The lowest BCUT2D eigenvalue weighted by Crippen LogP contribution is -2.31. The maximum atomic E-state index is 11.0. The molecule has 0 aliphatic carbocycles. The van der Waals surface area contributed by atoms with Crippen molar-refractivity contribution in [2.75, 3.05) is 18.4 Å². The molecular formula is C12H16BrN3O2. The van der Waals surface area contributed by atoms with Gasteiger partial charge >= 0.3 is 0 Å². The van der Waals surface area contributed by atoms with E-state index in [1.165, 1.54) is 12.5 Å². The van der Waals surface area contributed by atoms with Crippen LogP contribution in [0.1, 0.15) is 19.3 Å². The zero-order chi connectivity index (χ0) is 13.0. The average molecular weight is 314 g/mol. The van der Waals surface area contributed by atoms with Crippen LogP contribution in [0.25, 0.3) is 0 Å². The number of nitro benzene ring substituents is 1. The molecule has 0 spiro atoms. The third kappa shape index (κ3) is 3.43. The van der Waals surface area contributed by atoms with Crippen LogP contribution in [0, 0.1) is 10.1 Å². The number of halogens is 1. The first kappa shape index (κ1) is 13.3. The number of rotatable bonds is 3. The molecule has 0 amide bonds. The van der Waals surface area contributed by atoms with Crippen molar-refractivity contribution in [1.29, 1.82) is 0 Å². The van der Waals surface area contributed by atoms with Crippen LogP contribution in [0.5, 0.6) is 0 Å². The van der Waals surface area contributed by atoms with Crippen LogP contribution in [0.2, 0.25) is 0 Å². The third-order valence-electron chi connectivity index (χ3n) is 3.06. The molecule has 1 fully saturated rings. The minimum Gasteiger partial charge on any atom is -0.375 e. The summed E-state index contributed by atoms with van der Waals surface area (Å²) in [6, 6.07) is 5.37. The minimum absolute atomic E-state index is 0.119. The van der Waals surface area contributed by atoms with Crippen molar-refractivity contribution in [3.8, 4) is 0 Å². The van der Waals surface area contributed by atoms with Crippen LogP contribution in [0.15, 0.2) is 22.7 Å². The van der Waals surface area contributed by atoms with Crippen LogP contribution < -0.4 is 10.6 Å². The van der Waals surface area contributed by atoms with Crippen molar-refractivity contribution in [3.63, 3.8) is 0 Å². The van der Waals surface area contributed by atoms with E-state index in [-0.39, 0.29) is 16.7 Å². The Labute approximate surface area is 114 Å². The summed E-state index contributed by atoms with van der Waals surface area (Å²) in [5.74, 6) is 0. The number of nitrogens with zero attached hydrogens (tertiary/aromatic N) is 1. The van der Waals surface area contributed by atoms with Gasteiger partial charge in [-0.05, 0) is 31.5 Å². The highest BCUT2D eigenvalue weighted by atomic mass is 79.9. The molecule has 1 aliphatic rings. The van der Waals surface area contributed by atoms with Crippen molar-refractivity contribution >= 4 is 27.3 Å². The van der Waals surface area contributed by atoms with Gasteiger partial charge in [-0.2, -0.15) is 0 Å². The van der Waals surface area contributed by atoms with Gasteiger partial charge in [0.1, 0.15) is 5.69 Å². The highest BCUT2D eigenvalue weighted by Gasteiger charge is 2.18. The van der Waals surface area contributed by atoms with Crippen LogP contribution in [-0.4, -0.2) is 24.1 Å².